The van der Waals surface area contributed by atoms with Gasteiger partial charge in [-0.05, 0) is 19.1 Å². The van der Waals surface area contributed by atoms with Gasteiger partial charge in [-0.1, -0.05) is 17.7 Å². The van der Waals surface area contributed by atoms with Gasteiger partial charge in [-0.15, -0.1) is 17.0 Å². The molecule has 8 heteroatoms. The van der Waals surface area contributed by atoms with Gasteiger partial charge in [0.25, 0.3) is 0 Å². The van der Waals surface area contributed by atoms with Gasteiger partial charge in [0.05, 0.1) is 4.90 Å². The topological polar surface area (TPSA) is 82.6 Å². The van der Waals surface area contributed by atoms with Gasteiger partial charge in [0.15, 0.2) is 5.96 Å². The Morgan fingerprint density at radius 3 is 2.30 bits per heavy atom. The van der Waals surface area contributed by atoms with Crippen molar-refractivity contribution in [2.24, 2.45) is 4.99 Å². The number of halogens is 1. The standard InChI is InChI=1S/C12H20N4O2S.BrH/c1-10-4-6-11(7-5-10)19(17,18)16-9-8-15-12(13-2)14-3;/h4-7,16H,8-9H2,1-3H3,(H2,13,14,15);1H. The summed E-state index contributed by atoms with van der Waals surface area (Å²) in [5.74, 6) is 0.620. The highest BCUT2D eigenvalue weighted by molar-refractivity contribution is 8.93. The number of aliphatic imine (C=N–C) groups is 1. The Morgan fingerprint density at radius 1 is 1.20 bits per heavy atom. The lowest BCUT2D eigenvalue weighted by molar-refractivity contribution is 0.580. The molecule has 0 spiro atoms. The molecule has 0 aliphatic carbocycles. The first-order valence-corrected chi connectivity index (χ1v) is 7.42. The molecule has 0 heterocycles. The van der Waals surface area contributed by atoms with Crippen molar-refractivity contribution in [1.82, 2.24) is 15.4 Å². The van der Waals surface area contributed by atoms with Gasteiger partial charge in [-0.25, -0.2) is 13.1 Å². The Bertz CT molecular complexity index is 529. The Hall–Kier alpha value is -1.12. The van der Waals surface area contributed by atoms with Gasteiger partial charge in [0.1, 0.15) is 0 Å². The van der Waals surface area contributed by atoms with Crippen molar-refractivity contribution in [2.45, 2.75) is 11.8 Å². The van der Waals surface area contributed by atoms with E-state index in [0.29, 0.717) is 12.5 Å². The second-order valence-corrected chi connectivity index (χ2v) is 5.73. The molecular weight excluding hydrogens is 344 g/mol. The van der Waals surface area contributed by atoms with Crippen molar-refractivity contribution < 1.29 is 8.42 Å². The predicted octanol–water partition coefficient (Wildman–Crippen LogP) is 0.646. The van der Waals surface area contributed by atoms with Crippen molar-refractivity contribution in [1.29, 1.82) is 0 Å². The smallest absolute Gasteiger partial charge is 0.240 e. The third-order valence-corrected chi connectivity index (χ3v) is 3.98. The summed E-state index contributed by atoms with van der Waals surface area (Å²) in [5.41, 5.74) is 1.03. The summed E-state index contributed by atoms with van der Waals surface area (Å²) >= 11 is 0. The molecule has 3 N–H and O–H groups in total. The predicted molar refractivity (Wildman–Crippen MR) is 87.1 cm³/mol. The van der Waals surface area contributed by atoms with Crippen LogP contribution in [0.2, 0.25) is 0 Å². The molecule has 0 saturated carbocycles. The highest BCUT2D eigenvalue weighted by Gasteiger charge is 2.12. The van der Waals surface area contributed by atoms with Crippen LogP contribution in [0.4, 0.5) is 0 Å². The van der Waals surface area contributed by atoms with E-state index in [1.165, 1.54) is 0 Å². The quantitative estimate of drug-likeness (QED) is 0.407. The molecule has 6 nitrogen and oxygen atoms in total. The van der Waals surface area contributed by atoms with Crippen LogP contribution < -0.4 is 15.4 Å². The van der Waals surface area contributed by atoms with E-state index in [2.05, 4.69) is 20.3 Å². The van der Waals surface area contributed by atoms with E-state index in [-0.39, 0.29) is 28.4 Å². The number of sulfonamides is 1. The number of guanidine groups is 1. The third kappa shape index (κ3) is 5.89. The molecular formula is C12H21BrN4O2S. The van der Waals surface area contributed by atoms with E-state index >= 15 is 0 Å². The summed E-state index contributed by atoms with van der Waals surface area (Å²) in [7, 11) is -0.0487. The molecule has 0 bridgehead atoms. The summed E-state index contributed by atoms with van der Waals surface area (Å²) in [4.78, 5) is 4.20. The van der Waals surface area contributed by atoms with Crippen LogP contribution in [0.1, 0.15) is 5.56 Å². The van der Waals surface area contributed by atoms with Gasteiger partial charge in [-0.3, -0.25) is 4.99 Å². The lowest BCUT2D eigenvalue weighted by Crippen LogP contribution is -2.39. The highest BCUT2D eigenvalue weighted by Crippen LogP contribution is 2.09. The number of benzene rings is 1. The number of nitrogens with zero attached hydrogens (tertiary/aromatic N) is 1. The van der Waals surface area contributed by atoms with E-state index < -0.39 is 10.0 Å². The molecule has 20 heavy (non-hydrogen) atoms. The van der Waals surface area contributed by atoms with Crippen molar-refractivity contribution in [3.8, 4) is 0 Å². The lowest BCUT2D eigenvalue weighted by atomic mass is 10.2. The third-order valence-electron chi connectivity index (χ3n) is 2.50. The van der Waals surface area contributed by atoms with Crippen molar-refractivity contribution in [3.05, 3.63) is 29.8 Å². The molecule has 1 rings (SSSR count). The van der Waals surface area contributed by atoms with Gasteiger partial charge < -0.3 is 10.6 Å². The Morgan fingerprint density at radius 2 is 1.80 bits per heavy atom. The maximum Gasteiger partial charge on any atom is 0.240 e. The molecule has 0 fully saturated rings. The molecule has 0 aromatic heterocycles. The van der Waals surface area contributed by atoms with Crippen LogP contribution >= 0.6 is 17.0 Å². The number of aryl methyl sites for hydroxylation is 1. The van der Waals surface area contributed by atoms with Crippen LogP contribution in [0.3, 0.4) is 0 Å². The number of nitrogens with one attached hydrogen (secondary N) is 3. The van der Waals surface area contributed by atoms with Gasteiger partial charge >= 0.3 is 0 Å². The molecule has 0 radical (unpaired) electrons. The van der Waals surface area contributed by atoms with Crippen molar-refractivity contribution >= 4 is 33.0 Å². The van der Waals surface area contributed by atoms with Crippen LogP contribution in [0.15, 0.2) is 34.2 Å². The minimum atomic E-state index is -3.44. The molecule has 0 atom stereocenters. The zero-order chi connectivity index (χ0) is 14.3. The molecule has 0 aliphatic rings. The van der Waals surface area contributed by atoms with E-state index in [9.17, 15) is 8.42 Å². The van der Waals surface area contributed by atoms with Crippen molar-refractivity contribution in [3.63, 3.8) is 0 Å². The van der Waals surface area contributed by atoms with Crippen LogP contribution in [0, 0.1) is 6.92 Å². The first-order valence-electron chi connectivity index (χ1n) is 5.94. The zero-order valence-corrected chi connectivity index (χ0v) is 14.3. The van der Waals surface area contributed by atoms with E-state index in [4.69, 9.17) is 0 Å². The van der Waals surface area contributed by atoms with Crippen LogP contribution in [0.25, 0.3) is 0 Å². The number of hydrogen-bond acceptors (Lipinski definition) is 3. The number of rotatable bonds is 5. The van der Waals surface area contributed by atoms with Gasteiger partial charge in [0.2, 0.25) is 10.0 Å². The minimum absolute atomic E-state index is 0. The second-order valence-electron chi connectivity index (χ2n) is 3.96. The zero-order valence-electron chi connectivity index (χ0n) is 11.8. The molecule has 0 saturated heterocycles. The molecule has 114 valence electrons. The van der Waals surface area contributed by atoms with E-state index in [0.717, 1.165) is 5.56 Å². The summed E-state index contributed by atoms with van der Waals surface area (Å²) in [5, 5.41) is 5.81. The Kier molecular flexibility index (Phi) is 8.43. The average molecular weight is 365 g/mol. The van der Waals surface area contributed by atoms with Crippen LogP contribution in [0.5, 0.6) is 0 Å². The highest BCUT2D eigenvalue weighted by atomic mass is 79.9. The van der Waals surface area contributed by atoms with Gasteiger partial charge in [0, 0.05) is 27.2 Å². The Balaban J connectivity index is 0.00000361. The minimum Gasteiger partial charge on any atom is -0.359 e. The average Bonchev–Trinajstić information content (AvgIpc) is 2.39. The largest absolute Gasteiger partial charge is 0.359 e. The summed E-state index contributed by atoms with van der Waals surface area (Å²) in [6.07, 6.45) is 0. The monoisotopic (exact) mass is 364 g/mol. The first-order chi connectivity index (χ1) is 8.99. The summed E-state index contributed by atoms with van der Waals surface area (Å²) < 4.78 is 26.4. The number of hydrogen-bond donors (Lipinski definition) is 3. The summed E-state index contributed by atoms with van der Waals surface area (Å²) in [6.45, 7) is 2.66. The second kappa shape index (κ2) is 8.93. The normalized spacial score (nSPS) is 11.7. The molecule has 1 aromatic carbocycles. The van der Waals surface area contributed by atoms with Gasteiger partial charge in [-0.2, -0.15) is 0 Å². The first kappa shape index (κ1) is 18.9. The van der Waals surface area contributed by atoms with E-state index in [1.807, 2.05) is 6.92 Å². The SMILES string of the molecule is Br.CN=C(NC)NCCNS(=O)(=O)c1ccc(C)cc1. The van der Waals surface area contributed by atoms with Crippen molar-refractivity contribution in [2.75, 3.05) is 27.2 Å². The molecule has 1 aromatic rings. The fourth-order valence-electron chi connectivity index (χ4n) is 1.45. The Labute approximate surface area is 130 Å². The maximum absolute atomic E-state index is 11.9. The molecule has 0 amide bonds. The lowest BCUT2D eigenvalue weighted by Gasteiger charge is -2.10. The molecule has 0 unspecified atom stereocenters. The molecule has 0 aliphatic heterocycles. The fraction of sp³-hybridized carbons (Fsp3) is 0.417. The maximum atomic E-state index is 11.9. The summed E-state index contributed by atoms with van der Waals surface area (Å²) in [6, 6.07) is 6.74. The van der Waals surface area contributed by atoms with Crippen LogP contribution in [-0.2, 0) is 10.0 Å². The fourth-order valence-corrected chi connectivity index (χ4v) is 2.48. The van der Waals surface area contributed by atoms with Crippen LogP contribution in [-0.4, -0.2) is 41.6 Å². The van der Waals surface area contributed by atoms with E-state index in [1.54, 1.807) is 38.4 Å².